The van der Waals surface area contributed by atoms with Gasteiger partial charge in [0.25, 0.3) is 0 Å². The van der Waals surface area contributed by atoms with Crippen LogP contribution in [0.5, 0.6) is 0 Å². The maximum absolute atomic E-state index is 12.4. The van der Waals surface area contributed by atoms with Crippen molar-refractivity contribution in [2.45, 2.75) is 12.6 Å². The number of hydrogen-bond donors (Lipinski definition) is 2. The van der Waals surface area contributed by atoms with Crippen LogP contribution in [0.2, 0.25) is 0 Å². The van der Waals surface area contributed by atoms with Gasteiger partial charge in [-0.2, -0.15) is 0 Å². The van der Waals surface area contributed by atoms with Gasteiger partial charge < -0.3 is 20.3 Å². The molecule has 0 bridgehead atoms. The van der Waals surface area contributed by atoms with E-state index in [-0.39, 0.29) is 18.6 Å². The van der Waals surface area contributed by atoms with Crippen LogP contribution in [-0.2, 0) is 25.7 Å². The number of benzene rings is 1. The fourth-order valence-electron chi connectivity index (χ4n) is 2.75. The number of nitrogens with zero attached hydrogens (tertiary/aromatic N) is 1. The first-order chi connectivity index (χ1) is 13.1. The fraction of sp³-hybridized carbons (Fsp3) is 0.316. The predicted octanol–water partition coefficient (Wildman–Crippen LogP) is 1.08. The minimum absolute atomic E-state index is 0.186. The molecule has 1 atom stereocenters. The average Bonchev–Trinajstić information content (AvgIpc) is 3.24. The lowest BCUT2D eigenvalue weighted by Gasteiger charge is -2.33. The number of ether oxygens (including phenoxy) is 1. The van der Waals surface area contributed by atoms with E-state index < -0.39 is 11.8 Å². The molecule has 3 amide bonds. The standard InChI is InChI=1S/C19H21N3O4S/c23-17(12-21-19(25)18(24)20-11-15-7-4-10-27-15)22-8-9-26-16(13-22)14-5-2-1-3-6-14/h1-7,10,16H,8-9,11-13H2,(H,20,24)(H,21,25)/t16-/m0/s1. The Kier molecular flexibility index (Phi) is 6.56. The van der Waals surface area contributed by atoms with Crippen LogP contribution >= 0.6 is 11.3 Å². The highest BCUT2D eigenvalue weighted by Gasteiger charge is 2.26. The first kappa shape index (κ1) is 19.1. The summed E-state index contributed by atoms with van der Waals surface area (Å²) in [7, 11) is 0. The fourth-order valence-corrected chi connectivity index (χ4v) is 3.40. The van der Waals surface area contributed by atoms with Crippen LogP contribution in [-0.4, -0.2) is 48.9 Å². The number of thiophene rings is 1. The number of amides is 3. The lowest BCUT2D eigenvalue weighted by Crippen LogP contribution is -2.48. The third-order valence-corrected chi connectivity index (χ3v) is 5.08. The number of carbonyl (C=O) groups excluding carboxylic acids is 3. The Morgan fingerprint density at radius 3 is 2.59 bits per heavy atom. The molecule has 7 nitrogen and oxygen atoms in total. The van der Waals surface area contributed by atoms with E-state index in [0.29, 0.717) is 26.2 Å². The van der Waals surface area contributed by atoms with E-state index in [1.807, 2.05) is 47.8 Å². The van der Waals surface area contributed by atoms with Crippen molar-refractivity contribution >= 4 is 29.1 Å². The SMILES string of the molecule is O=C(NCC(=O)N1CCO[C@H](c2ccccc2)C1)C(=O)NCc1cccs1. The Morgan fingerprint density at radius 1 is 1.07 bits per heavy atom. The van der Waals surface area contributed by atoms with Crippen molar-refractivity contribution in [2.75, 3.05) is 26.2 Å². The van der Waals surface area contributed by atoms with Gasteiger partial charge in [-0.05, 0) is 17.0 Å². The van der Waals surface area contributed by atoms with Gasteiger partial charge in [0.1, 0.15) is 6.10 Å². The second kappa shape index (κ2) is 9.29. The number of rotatable bonds is 5. The molecule has 27 heavy (non-hydrogen) atoms. The van der Waals surface area contributed by atoms with Crippen molar-refractivity contribution in [3.8, 4) is 0 Å². The van der Waals surface area contributed by atoms with Crippen LogP contribution < -0.4 is 10.6 Å². The van der Waals surface area contributed by atoms with Gasteiger partial charge in [-0.1, -0.05) is 36.4 Å². The van der Waals surface area contributed by atoms with Gasteiger partial charge in [-0.25, -0.2) is 0 Å². The molecule has 2 aromatic rings. The van der Waals surface area contributed by atoms with Gasteiger partial charge in [0.05, 0.1) is 26.2 Å². The Hall–Kier alpha value is -2.71. The summed E-state index contributed by atoms with van der Waals surface area (Å²) in [6.07, 6.45) is -0.186. The number of nitrogens with one attached hydrogen (secondary N) is 2. The molecular weight excluding hydrogens is 366 g/mol. The number of carbonyl (C=O) groups is 3. The van der Waals surface area contributed by atoms with E-state index in [1.165, 1.54) is 11.3 Å². The van der Waals surface area contributed by atoms with Crippen LogP contribution in [0.1, 0.15) is 16.5 Å². The molecule has 0 aliphatic carbocycles. The quantitative estimate of drug-likeness (QED) is 0.752. The summed E-state index contributed by atoms with van der Waals surface area (Å²) >= 11 is 1.49. The lowest BCUT2D eigenvalue weighted by molar-refractivity contribution is -0.142. The molecule has 3 rings (SSSR count). The largest absolute Gasteiger partial charge is 0.370 e. The first-order valence-electron chi connectivity index (χ1n) is 8.66. The Bertz CT molecular complexity index is 780. The number of morpholine rings is 1. The molecule has 0 spiro atoms. The molecule has 1 aliphatic rings. The van der Waals surface area contributed by atoms with Crippen LogP contribution in [0.3, 0.4) is 0 Å². The smallest absolute Gasteiger partial charge is 0.309 e. The molecule has 1 saturated heterocycles. The molecule has 0 saturated carbocycles. The maximum Gasteiger partial charge on any atom is 0.309 e. The topological polar surface area (TPSA) is 87.7 Å². The van der Waals surface area contributed by atoms with E-state index in [1.54, 1.807) is 4.90 Å². The zero-order valence-corrected chi connectivity index (χ0v) is 15.5. The monoisotopic (exact) mass is 387 g/mol. The molecule has 142 valence electrons. The van der Waals surface area contributed by atoms with Crippen LogP contribution in [0.25, 0.3) is 0 Å². The van der Waals surface area contributed by atoms with E-state index in [4.69, 9.17) is 4.74 Å². The van der Waals surface area contributed by atoms with E-state index >= 15 is 0 Å². The first-order valence-corrected chi connectivity index (χ1v) is 9.54. The summed E-state index contributed by atoms with van der Waals surface area (Å²) in [5.74, 6) is -1.80. The van der Waals surface area contributed by atoms with E-state index in [0.717, 1.165) is 10.4 Å². The second-order valence-electron chi connectivity index (χ2n) is 6.05. The van der Waals surface area contributed by atoms with E-state index in [2.05, 4.69) is 10.6 Å². The Labute approximate surface area is 161 Å². The van der Waals surface area contributed by atoms with Gasteiger partial charge in [-0.15, -0.1) is 11.3 Å². The summed E-state index contributed by atoms with van der Waals surface area (Å²) in [5.41, 5.74) is 1.01. The van der Waals surface area contributed by atoms with Crippen LogP contribution in [0, 0.1) is 0 Å². The minimum atomic E-state index is -0.812. The number of hydrogen-bond acceptors (Lipinski definition) is 5. The molecule has 0 radical (unpaired) electrons. The molecular formula is C19H21N3O4S. The highest BCUT2D eigenvalue weighted by molar-refractivity contribution is 7.09. The highest BCUT2D eigenvalue weighted by atomic mass is 32.1. The molecule has 1 fully saturated rings. The summed E-state index contributed by atoms with van der Waals surface area (Å²) in [5, 5.41) is 6.81. The molecule has 0 unspecified atom stereocenters. The molecule has 1 aromatic carbocycles. The lowest BCUT2D eigenvalue weighted by atomic mass is 10.1. The van der Waals surface area contributed by atoms with Crippen molar-refractivity contribution in [1.29, 1.82) is 0 Å². The van der Waals surface area contributed by atoms with Gasteiger partial charge in [0, 0.05) is 11.4 Å². The maximum atomic E-state index is 12.4. The van der Waals surface area contributed by atoms with Gasteiger partial charge in [0.15, 0.2) is 0 Å². The van der Waals surface area contributed by atoms with Gasteiger partial charge >= 0.3 is 11.8 Å². The van der Waals surface area contributed by atoms with Crippen molar-refractivity contribution < 1.29 is 19.1 Å². The molecule has 2 N–H and O–H groups in total. The van der Waals surface area contributed by atoms with Crippen molar-refractivity contribution in [3.05, 3.63) is 58.3 Å². The second-order valence-corrected chi connectivity index (χ2v) is 7.09. The van der Waals surface area contributed by atoms with Crippen molar-refractivity contribution in [1.82, 2.24) is 15.5 Å². The molecule has 8 heteroatoms. The van der Waals surface area contributed by atoms with Crippen molar-refractivity contribution in [2.24, 2.45) is 0 Å². The molecule has 1 aliphatic heterocycles. The Morgan fingerprint density at radius 2 is 1.85 bits per heavy atom. The van der Waals surface area contributed by atoms with Crippen molar-refractivity contribution in [3.63, 3.8) is 0 Å². The normalized spacial score (nSPS) is 16.6. The highest BCUT2D eigenvalue weighted by Crippen LogP contribution is 2.21. The summed E-state index contributed by atoms with van der Waals surface area (Å²) in [6, 6.07) is 13.4. The molecule has 2 heterocycles. The zero-order valence-electron chi connectivity index (χ0n) is 14.7. The minimum Gasteiger partial charge on any atom is -0.370 e. The zero-order chi connectivity index (χ0) is 19.1. The summed E-state index contributed by atoms with van der Waals surface area (Å²) in [6.45, 7) is 1.39. The summed E-state index contributed by atoms with van der Waals surface area (Å²) in [4.78, 5) is 38.6. The van der Waals surface area contributed by atoms with Gasteiger partial charge in [-0.3, -0.25) is 14.4 Å². The third-order valence-electron chi connectivity index (χ3n) is 4.20. The Balaban J connectivity index is 1.44. The third kappa shape index (κ3) is 5.38. The van der Waals surface area contributed by atoms with Crippen LogP contribution in [0.15, 0.2) is 47.8 Å². The van der Waals surface area contributed by atoms with Crippen LogP contribution in [0.4, 0.5) is 0 Å². The van der Waals surface area contributed by atoms with E-state index in [9.17, 15) is 14.4 Å². The molecule has 1 aromatic heterocycles. The van der Waals surface area contributed by atoms with Gasteiger partial charge in [0.2, 0.25) is 5.91 Å². The predicted molar refractivity (Wildman–Crippen MR) is 101 cm³/mol. The average molecular weight is 387 g/mol. The summed E-state index contributed by atoms with van der Waals surface area (Å²) < 4.78 is 5.73.